The highest BCUT2D eigenvalue weighted by atomic mass is 32.2. The lowest BCUT2D eigenvalue weighted by Crippen LogP contribution is -2.37. The highest BCUT2D eigenvalue weighted by Crippen LogP contribution is 2.37. The Bertz CT molecular complexity index is 2080. The van der Waals surface area contributed by atoms with Gasteiger partial charge in [-0.3, -0.25) is 9.21 Å². The number of carboxylic acid groups (broad SMARTS) is 2. The first kappa shape index (κ1) is 41.9. The molecule has 0 amide bonds. The number of benzene rings is 1. The Morgan fingerprint density at radius 1 is 0.981 bits per heavy atom. The van der Waals surface area contributed by atoms with Crippen molar-refractivity contribution in [3.63, 3.8) is 0 Å². The second-order valence-corrected chi connectivity index (χ2v) is 15.7. The van der Waals surface area contributed by atoms with Crippen LogP contribution in [0, 0.1) is 0 Å². The van der Waals surface area contributed by atoms with Gasteiger partial charge in [0, 0.05) is 54.5 Å². The van der Waals surface area contributed by atoms with Gasteiger partial charge in [0.25, 0.3) is 10.0 Å². The minimum Gasteiger partial charge on any atom is -0.475 e. The molecule has 1 saturated heterocycles. The SMILES string of the molecule is CC(C)N(c1cccc2cc(-c3ncc(CN4CCC(Oc5ncccn5)CC4)s3)[nH]c12)S(=O)(=O)c1cccs1.O=C(O)C(F)(F)F.O=C(O)C(F)(F)F. The Hall–Kier alpha value is -4.80. The predicted octanol–water partition coefficient (Wildman–Crippen LogP) is 7.06. The number of anilines is 1. The number of piperidine rings is 1. The first-order chi connectivity index (χ1) is 25.3. The van der Waals surface area contributed by atoms with Crippen LogP contribution in [0.4, 0.5) is 32.0 Å². The molecule has 22 heteroatoms. The third-order valence-electron chi connectivity index (χ3n) is 7.35. The second-order valence-electron chi connectivity index (χ2n) is 11.6. The number of likely N-dealkylation sites (tertiary alicyclic amines) is 1. The van der Waals surface area contributed by atoms with Crippen LogP contribution in [0.5, 0.6) is 6.01 Å². The fourth-order valence-electron chi connectivity index (χ4n) is 5.04. The summed E-state index contributed by atoms with van der Waals surface area (Å²) in [5.41, 5.74) is 2.30. The number of para-hydroxylation sites is 1. The van der Waals surface area contributed by atoms with Crippen molar-refractivity contribution in [2.75, 3.05) is 17.4 Å². The number of aromatic nitrogens is 4. The van der Waals surface area contributed by atoms with Gasteiger partial charge in [-0.15, -0.1) is 22.7 Å². The van der Waals surface area contributed by atoms with E-state index in [1.54, 1.807) is 47.3 Å². The van der Waals surface area contributed by atoms with Gasteiger partial charge in [0.15, 0.2) is 0 Å². The number of aromatic amines is 1. The van der Waals surface area contributed by atoms with Crippen molar-refractivity contribution in [2.45, 2.75) is 61.9 Å². The van der Waals surface area contributed by atoms with Crippen molar-refractivity contribution in [2.24, 2.45) is 0 Å². The van der Waals surface area contributed by atoms with E-state index >= 15 is 0 Å². The van der Waals surface area contributed by atoms with E-state index in [1.165, 1.54) is 20.5 Å². The van der Waals surface area contributed by atoms with E-state index < -0.39 is 34.3 Å². The first-order valence-electron chi connectivity index (χ1n) is 15.7. The molecule has 13 nitrogen and oxygen atoms in total. The molecule has 1 fully saturated rings. The summed E-state index contributed by atoms with van der Waals surface area (Å²) in [5, 5.41) is 17.9. The molecule has 0 saturated carbocycles. The number of sulfonamides is 1. The molecule has 0 atom stereocenters. The summed E-state index contributed by atoms with van der Waals surface area (Å²) in [4.78, 5) is 37.9. The molecule has 5 heterocycles. The maximum atomic E-state index is 13.6. The van der Waals surface area contributed by atoms with E-state index in [0.717, 1.165) is 54.1 Å². The molecule has 54 heavy (non-hydrogen) atoms. The number of fused-ring (bicyclic) bond motifs is 1. The van der Waals surface area contributed by atoms with Crippen LogP contribution in [0.25, 0.3) is 21.6 Å². The fourth-order valence-corrected chi connectivity index (χ4v) is 8.72. The molecule has 5 aromatic rings. The number of halogens is 6. The van der Waals surface area contributed by atoms with Gasteiger partial charge in [0.1, 0.15) is 15.3 Å². The monoisotopic (exact) mass is 822 g/mol. The lowest BCUT2D eigenvalue weighted by atomic mass is 10.1. The molecule has 3 N–H and O–H groups in total. The Labute approximate surface area is 311 Å². The number of ether oxygens (including phenoxy) is 1. The number of hydrogen-bond donors (Lipinski definition) is 3. The molecule has 0 spiro atoms. The normalized spacial score (nSPS) is 14.2. The quantitative estimate of drug-likeness (QED) is 0.130. The summed E-state index contributed by atoms with van der Waals surface area (Å²) in [5.74, 6) is -5.51. The summed E-state index contributed by atoms with van der Waals surface area (Å²) in [6, 6.07) is 13.2. The van der Waals surface area contributed by atoms with E-state index in [4.69, 9.17) is 29.5 Å². The van der Waals surface area contributed by atoms with Crippen LogP contribution in [-0.2, 0) is 26.2 Å². The van der Waals surface area contributed by atoms with Crippen molar-refractivity contribution in [3.05, 3.63) is 71.3 Å². The zero-order valence-corrected chi connectivity index (χ0v) is 30.7. The number of thiophene rings is 1. The van der Waals surface area contributed by atoms with Gasteiger partial charge in [-0.1, -0.05) is 18.2 Å². The van der Waals surface area contributed by atoms with Crippen LogP contribution >= 0.6 is 22.7 Å². The van der Waals surface area contributed by atoms with Crippen molar-refractivity contribution >= 4 is 61.2 Å². The molecule has 0 unspecified atom stereocenters. The number of H-pyrrole nitrogens is 1. The van der Waals surface area contributed by atoms with Gasteiger partial charge in [-0.2, -0.15) is 26.3 Å². The van der Waals surface area contributed by atoms with E-state index in [0.29, 0.717) is 15.9 Å². The van der Waals surface area contributed by atoms with Crippen LogP contribution in [0.2, 0.25) is 0 Å². The number of carbonyl (C=O) groups is 2. The molecular weight excluding hydrogens is 791 g/mol. The van der Waals surface area contributed by atoms with Crippen molar-refractivity contribution in [1.29, 1.82) is 0 Å². The zero-order valence-electron chi connectivity index (χ0n) is 28.2. The number of hydrogen-bond acceptors (Lipinski definition) is 11. The lowest BCUT2D eigenvalue weighted by Gasteiger charge is -2.31. The number of aliphatic carboxylic acids is 2. The third-order valence-corrected chi connectivity index (χ3v) is 11.7. The molecule has 0 aliphatic carbocycles. The summed E-state index contributed by atoms with van der Waals surface area (Å²) in [7, 11) is -3.69. The Balaban J connectivity index is 0.000000396. The van der Waals surface area contributed by atoms with Crippen molar-refractivity contribution in [3.8, 4) is 16.7 Å². The van der Waals surface area contributed by atoms with Gasteiger partial charge in [-0.25, -0.2) is 33.0 Å². The van der Waals surface area contributed by atoms with Crippen LogP contribution in [0.15, 0.2) is 70.6 Å². The Morgan fingerprint density at radius 3 is 2.13 bits per heavy atom. The largest absolute Gasteiger partial charge is 0.490 e. The number of alkyl halides is 6. The average Bonchev–Trinajstić information content (AvgIpc) is 3.88. The highest BCUT2D eigenvalue weighted by Gasteiger charge is 2.39. The van der Waals surface area contributed by atoms with E-state index in [2.05, 4.69) is 19.9 Å². The summed E-state index contributed by atoms with van der Waals surface area (Å²) in [6.07, 6.45) is -2.86. The Kier molecular flexibility index (Phi) is 13.6. The molecule has 4 aromatic heterocycles. The van der Waals surface area contributed by atoms with Crippen LogP contribution < -0.4 is 9.04 Å². The number of nitrogens with one attached hydrogen (secondary N) is 1. The van der Waals surface area contributed by atoms with Crippen LogP contribution in [0.1, 0.15) is 31.6 Å². The van der Waals surface area contributed by atoms with E-state index in [-0.39, 0.29) is 12.1 Å². The maximum absolute atomic E-state index is 13.6. The minimum atomic E-state index is -5.08. The molecule has 0 radical (unpaired) electrons. The molecule has 1 aliphatic heterocycles. The predicted molar refractivity (Wildman–Crippen MR) is 187 cm³/mol. The van der Waals surface area contributed by atoms with Gasteiger partial charge in [0.2, 0.25) is 0 Å². The first-order valence-corrected chi connectivity index (χ1v) is 18.8. The van der Waals surface area contributed by atoms with Crippen LogP contribution in [-0.4, -0.2) is 93.0 Å². The fraction of sp³-hybridized carbons (Fsp3) is 0.344. The molecular formula is C32H32F6N6O7S3. The highest BCUT2D eigenvalue weighted by molar-refractivity contribution is 7.94. The van der Waals surface area contributed by atoms with Gasteiger partial charge in [0.05, 0.1) is 16.9 Å². The Morgan fingerprint density at radius 2 is 1.59 bits per heavy atom. The molecule has 0 bridgehead atoms. The van der Waals surface area contributed by atoms with Crippen molar-refractivity contribution < 1.29 is 59.3 Å². The zero-order chi connectivity index (χ0) is 39.8. The summed E-state index contributed by atoms with van der Waals surface area (Å²) in [6.45, 7) is 6.49. The number of carboxylic acids is 2. The van der Waals surface area contributed by atoms with E-state index in [9.17, 15) is 34.8 Å². The van der Waals surface area contributed by atoms with Gasteiger partial charge in [-0.05, 0) is 56.3 Å². The minimum absolute atomic E-state index is 0.130. The third kappa shape index (κ3) is 11.1. The maximum Gasteiger partial charge on any atom is 0.490 e. The molecule has 1 aromatic carbocycles. The summed E-state index contributed by atoms with van der Waals surface area (Å²) >= 11 is 2.89. The number of rotatable bonds is 9. The van der Waals surface area contributed by atoms with Gasteiger partial charge >= 0.3 is 30.3 Å². The van der Waals surface area contributed by atoms with E-state index in [1.807, 2.05) is 44.3 Å². The molecule has 292 valence electrons. The smallest absolute Gasteiger partial charge is 0.475 e. The van der Waals surface area contributed by atoms with Crippen LogP contribution in [0.3, 0.4) is 0 Å². The van der Waals surface area contributed by atoms with Gasteiger partial charge < -0.3 is 19.9 Å². The standard InChI is InChI=1S/C28H30N6O3S3.2C2HF3O2/c1-19(2)34(40(35,36)25-8-4-15-38-25)24-7-3-6-20-16-23(32-26(20)24)27-31-17-22(39-27)18-33-13-9-21(10-14-33)37-28-29-11-5-12-30-28;2*3-2(4,5)1(6)7/h3-8,11-12,15-17,19,21,32H,9-10,13-14,18H2,1-2H3;2*(H,6,7). The van der Waals surface area contributed by atoms with Crippen molar-refractivity contribution in [1.82, 2.24) is 24.8 Å². The second kappa shape index (κ2) is 17.6. The lowest BCUT2D eigenvalue weighted by molar-refractivity contribution is -0.193. The summed E-state index contributed by atoms with van der Waals surface area (Å²) < 4.78 is 98.3. The molecule has 6 rings (SSSR count). The topological polar surface area (TPSA) is 179 Å². The number of nitrogens with zero attached hydrogens (tertiary/aromatic N) is 5. The number of thiazole rings is 1. The average molecular weight is 823 g/mol. The molecule has 1 aliphatic rings.